The molecule has 0 aliphatic rings. The fourth-order valence-electron chi connectivity index (χ4n) is 2.23. The van der Waals surface area contributed by atoms with Crippen LogP contribution < -0.4 is 0 Å². The van der Waals surface area contributed by atoms with Crippen molar-refractivity contribution in [3.8, 4) is 10.4 Å². The molecule has 0 atom stereocenters. The zero-order valence-electron chi connectivity index (χ0n) is 11.4. The molecule has 0 aliphatic carbocycles. The molecule has 0 unspecified atom stereocenters. The third kappa shape index (κ3) is 3.46. The maximum Gasteiger partial charge on any atom is 0.0374 e. The molecule has 0 saturated heterocycles. The Morgan fingerprint density at radius 2 is 1.72 bits per heavy atom. The Morgan fingerprint density at radius 3 is 2.44 bits per heavy atom. The smallest absolute Gasteiger partial charge is 0.0374 e. The second-order valence-electron chi connectivity index (χ2n) is 4.95. The summed E-state index contributed by atoms with van der Waals surface area (Å²) in [5.74, 6) is 0. The van der Waals surface area contributed by atoms with E-state index in [9.17, 15) is 0 Å². The maximum absolute atomic E-state index is 2.30. The Labute approximate surface area is 115 Å². The predicted octanol–water partition coefficient (Wildman–Crippen LogP) is 5.85. The van der Waals surface area contributed by atoms with E-state index >= 15 is 0 Å². The first-order chi connectivity index (χ1) is 8.81. The minimum atomic E-state index is 1.23. The average molecular weight is 258 g/mol. The number of aryl methyl sites for hydroxylation is 2. The first kappa shape index (κ1) is 13.4. The fourth-order valence-corrected chi connectivity index (χ4v) is 3.20. The maximum atomic E-state index is 2.30. The van der Waals surface area contributed by atoms with Crippen LogP contribution in [0, 0.1) is 6.92 Å². The Morgan fingerprint density at radius 1 is 0.944 bits per heavy atom. The van der Waals surface area contributed by atoms with Gasteiger partial charge in [-0.05, 0) is 42.3 Å². The molecule has 0 radical (unpaired) electrons. The first-order valence-electron chi connectivity index (χ1n) is 6.94. The highest BCUT2D eigenvalue weighted by atomic mass is 32.1. The van der Waals surface area contributed by atoms with Gasteiger partial charge in [0.25, 0.3) is 0 Å². The molecular formula is C17H22S. The molecular weight excluding hydrogens is 236 g/mol. The van der Waals surface area contributed by atoms with E-state index in [1.165, 1.54) is 53.7 Å². The molecule has 1 heteroatoms. The van der Waals surface area contributed by atoms with Crippen molar-refractivity contribution in [1.29, 1.82) is 0 Å². The molecule has 0 saturated carbocycles. The van der Waals surface area contributed by atoms with Gasteiger partial charge >= 0.3 is 0 Å². The minimum absolute atomic E-state index is 1.23. The van der Waals surface area contributed by atoms with Crippen molar-refractivity contribution in [2.45, 2.75) is 46.0 Å². The van der Waals surface area contributed by atoms with Crippen LogP contribution in [0.1, 0.15) is 43.7 Å². The lowest BCUT2D eigenvalue weighted by Crippen LogP contribution is -1.86. The number of hydrogen-bond acceptors (Lipinski definition) is 1. The van der Waals surface area contributed by atoms with Crippen molar-refractivity contribution in [2.75, 3.05) is 0 Å². The SMILES string of the molecule is CCCCCCc1ccsc1-c1ccc(C)cc1. The Balaban J connectivity index is 2.05. The monoisotopic (exact) mass is 258 g/mol. The van der Waals surface area contributed by atoms with Gasteiger partial charge in [-0.25, -0.2) is 0 Å². The molecule has 0 bridgehead atoms. The standard InChI is InChI=1S/C17H22S/c1-3-4-5-6-7-15-12-13-18-17(15)16-10-8-14(2)9-11-16/h8-13H,3-7H2,1-2H3. The van der Waals surface area contributed by atoms with Crippen molar-refractivity contribution in [2.24, 2.45) is 0 Å². The van der Waals surface area contributed by atoms with Crippen LogP contribution in [0.5, 0.6) is 0 Å². The van der Waals surface area contributed by atoms with Gasteiger partial charge in [0.15, 0.2) is 0 Å². The van der Waals surface area contributed by atoms with Crippen molar-refractivity contribution in [3.63, 3.8) is 0 Å². The number of hydrogen-bond donors (Lipinski definition) is 0. The zero-order valence-corrected chi connectivity index (χ0v) is 12.2. The Bertz CT molecular complexity index is 465. The lowest BCUT2D eigenvalue weighted by atomic mass is 10.0. The van der Waals surface area contributed by atoms with E-state index < -0.39 is 0 Å². The van der Waals surface area contributed by atoms with Crippen molar-refractivity contribution >= 4 is 11.3 Å². The van der Waals surface area contributed by atoms with Crippen LogP contribution in [0.4, 0.5) is 0 Å². The molecule has 1 aromatic heterocycles. The molecule has 0 aliphatic heterocycles. The van der Waals surface area contributed by atoms with Gasteiger partial charge in [-0.3, -0.25) is 0 Å². The van der Waals surface area contributed by atoms with Gasteiger partial charge in [-0.15, -0.1) is 11.3 Å². The Kier molecular flexibility index (Phi) is 5.00. The molecule has 2 rings (SSSR count). The number of benzene rings is 1. The number of rotatable bonds is 6. The zero-order chi connectivity index (χ0) is 12.8. The van der Waals surface area contributed by atoms with Gasteiger partial charge in [0.1, 0.15) is 0 Å². The van der Waals surface area contributed by atoms with Gasteiger partial charge in [-0.1, -0.05) is 56.0 Å². The van der Waals surface area contributed by atoms with Crippen molar-refractivity contribution in [1.82, 2.24) is 0 Å². The van der Waals surface area contributed by atoms with E-state index in [4.69, 9.17) is 0 Å². The van der Waals surface area contributed by atoms with E-state index in [1.807, 2.05) is 11.3 Å². The second kappa shape index (κ2) is 6.75. The highest BCUT2D eigenvalue weighted by Crippen LogP contribution is 2.30. The van der Waals surface area contributed by atoms with E-state index in [-0.39, 0.29) is 0 Å². The number of unbranched alkanes of at least 4 members (excludes halogenated alkanes) is 3. The van der Waals surface area contributed by atoms with Crippen molar-refractivity contribution < 1.29 is 0 Å². The summed E-state index contributed by atoms with van der Waals surface area (Å²) >= 11 is 1.87. The third-order valence-corrected chi connectivity index (χ3v) is 4.37. The van der Waals surface area contributed by atoms with Gasteiger partial charge in [0.05, 0.1) is 0 Å². The van der Waals surface area contributed by atoms with Gasteiger partial charge in [0.2, 0.25) is 0 Å². The van der Waals surface area contributed by atoms with Gasteiger partial charge in [-0.2, -0.15) is 0 Å². The van der Waals surface area contributed by atoms with E-state index in [0.717, 1.165) is 0 Å². The molecule has 18 heavy (non-hydrogen) atoms. The third-order valence-electron chi connectivity index (χ3n) is 3.36. The summed E-state index contributed by atoms with van der Waals surface area (Å²) in [6, 6.07) is 11.2. The molecule has 96 valence electrons. The molecule has 1 aromatic carbocycles. The van der Waals surface area contributed by atoms with E-state index in [1.54, 1.807) is 0 Å². The van der Waals surface area contributed by atoms with Crippen LogP contribution in [-0.2, 0) is 6.42 Å². The van der Waals surface area contributed by atoms with E-state index in [2.05, 4.69) is 49.6 Å². The summed E-state index contributed by atoms with van der Waals surface area (Å²) in [6.45, 7) is 4.41. The summed E-state index contributed by atoms with van der Waals surface area (Å²) < 4.78 is 0. The summed E-state index contributed by atoms with van der Waals surface area (Å²) in [5.41, 5.74) is 4.24. The van der Waals surface area contributed by atoms with Crippen LogP contribution in [0.25, 0.3) is 10.4 Å². The van der Waals surface area contributed by atoms with Crippen LogP contribution in [-0.4, -0.2) is 0 Å². The number of thiophene rings is 1. The molecule has 1 heterocycles. The minimum Gasteiger partial charge on any atom is -0.144 e. The molecule has 0 spiro atoms. The molecule has 0 nitrogen and oxygen atoms in total. The quantitative estimate of drug-likeness (QED) is 0.570. The Hall–Kier alpha value is -1.08. The summed E-state index contributed by atoms with van der Waals surface area (Å²) in [7, 11) is 0. The van der Waals surface area contributed by atoms with Crippen LogP contribution in [0.3, 0.4) is 0 Å². The summed E-state index contributed by atoms with van der Waals surface area (Å²) in [4.78, 5) is 1.46. The molecule has 0 fully saturated rings. The van der Waals surface area contributed by atoms with Crippen molar-refractivity contribution in [3.05, 3.63) is 46.8 Å². The lowest BCUT2D eigenvalue weighted by Gasteiger charge is -2.04. The summed E-state index contributed by atoms with van der Waals surface area (Å²) in [6.07, 6.45) is 6.59. The second-order valence-corrected chi connectivity index (χ2v) is 5.87. The van der Waals surface area contributed by atoms with Crippen LogP contribution >= 0.6 is 11.3 Å². The van der Waals surface area contributed by atoms with Gasteiger partial charge < -0.3 is 0 Å². The molecule has 2 aromatic rings. The first-order valence-corrected chi connectivity index (χ1v) is 7.82. The van der Waals surface area contributed by atoms with Crippen LogP contribution in [0.15, 0.2) is 35.7 Å². The fraction of sp³-hybridized carbons (Fsp3) is 0.412. The summed E-state index contributed by atoms with van der Waals surface area (Å²) in [5, 5.41) is 2.23. The lowest BCUT2D eigenvalue weighted by molar-refractivity contribution is 0.668. The topological polar surface area (TPSA) is 0 Å². The highest BCUT2D eigenvalue weighted by Gasteiger charge is 2.06. The van der Waals surface area contributed by atoms with E-state index in [0.29, 0.717) is 0 Å². The van der Waals surface area contributed by atoms with Gasteiger partial charge in [0, 0.05) is 4.88 Å². The average Bonchev–Trinajstić information content (AvgIpc) is 2.84. The normalized spacial score (nSPS) is 10.8. The molecule has 0 amide bonds. The van der Waals surface area contributed by atoms with Crippen LogP contribution in [0.2, 0.25) is 0 Å². The predicted molar refractivity (Wildman–Crippen MR) is 82.3 cm³/mol. The highest BCUT2D eigenvalue weighted by molar-refractivity contribution is 7.13. The largest absolute Gasteiger partial charge is 0.144 e. The molecule has 0 N–H and O–H groups in total.